The van der Waals surface area contributed by atoms with Crippen LogP contribution in [-0.4, -0.2) is 18.8 Å². The summed E-state index contributed by atoms with van der Waals surface area (Å²) in [5.41, 5.74) is 6.89. The van der Waals surface area contributed by atoms with Crippen LogP contribution in [0.5, 0.6) is 17.2 Å². The van der Waals surface area contributed by atoms with E-state index in [9.17, 15) is 4.79 Å². The smallest absolute Gasteiger partial charge is 0.271 e. The second-order valence-electron chi connectivity index (χ2n) is 11.1. The van der Waals surface area contributed by atoms with Crippen molar-refractivity contribution < 1.29 is 14.2 Å². The van der Waals surface area contributed by atoms with Gasteiger partial charge in [0.25, 0.3) is 5.56 Å². The van der Waals surface area contributed by atoms with Crippen molar-refractivity contribution in [1.82, 2.24) is 4.57 Å². The molecule has 1 aliphatic carbocycles. The number of rotatable bonds is 7. The molecule has 0 amide bonds. The Bertz CT molecular complexity index is 2260. The Morgan fingerprint density at radius 1 is 0.957 bits per heavy atom. The van der Waals surface area contributed by atoms with Gasteiger partial charge in [0.1, 0.15) is 12.4 Å². The van der Waals surface area contributed by atoms with E-state index in [0.717, 1.165) is 55.3 Å². The van der Waals surface area contributed by atoms with Crippen LogP contribution in [-0.2, 0) is 13.0 Å². The van der Waals surface area contributed by atoms with E-state index in [2.05, 4.69) is 50.1 Å². The normalized spacial score (nSPS) is 15.4. The van der Waals surface area contributed by atoms with Crippen LogP contribution >= 0.6 is 66.4 Å². The lowest BCUT2D eigenvalue weighted by molar-refractivity contribution is 0.302. The van der Waals surface area contributed by atoms with E-state index in [0.29, 0.717) is 36.6 Å². The summed E-state index contributed by atoms with van der Waals surface area (Å²) in [6, 6.07) is 23.0. The summed E-state index contributed by atoms with van der Waals surface area (Å²) in [6.07, 6.45) is 3.56. The molecule has 4 aromatic carbocycles. The fourth-order valence-corrected chi connectivity index (χ4v) is 9.00. The Balaban J connectivity index is 1.32. The Morgan fingerprint density at radius 2 is 1.72 bits per heavy atom. The van der Waals surface area contributed by atoms with Gasteiger partial charge in [-0.1, -0.05) is 70.9 Å². The van der Waals surface area contributed by atoms with Gasteiger partial charge in [0, 0.05) is 21.2 Å². The first-order valence-electron chi connectivity index (χ1n) is 14.7. The number of methoxy groups -OCH3 is 2. The van der Waals surface area contributed by atoms with Gasteiger partial charge in [-0.2, -0.15) is 0 Å². The molecule has 0 radical (unpaired) electrons. The summed E-state index contributed by atoms with van der Waals surface area (Å²) in [7, 11) is 3.23. The van der Waals surface area contributed by atoms with Crippen LogP contribution in [0.2, 0.25) is 10.0 Å². The van der Waals surface area contributed by atoms with Crippen LogP contribution < -0.4 is 29.1 Å². The lowest BCUT2D eigenvalue weighted by Gasteiger charge is -2.31. The van der Waals surface area contributed by atoms with E-state index in [1.807, 2.05) is 53.1 Å². The first kappa shape index (κ1) is 32.2. The van der Waals surface area contributed by atoms with Gasteiger partial charge in [0.05, 0.1) is 39.4 Å². The van der Waals surface area contributed by atoms with Crippen molar-refractivity contribution in [1.29, 1.82) is 0 Å². The maximum absolute atomic E-state index is 14.3. The molecule has 0 spiro atoms. The van der Waals surface area contributed by atoms with Crippen molar-refractivity contribution in [3.05, 3.63) is 145 Å². The molecule has 2 aliphatic rings. The second kappa shape index (κ2) is 13.3. The molecule has 47 heavy (non-hydrogen) atoms. The maximum Gasteiger partial charge on any atom is 0.271 e. The van der Waals surface area contributed by atoms with E-state index >= 15 is 0 Å². The standard InChI is InChI=1S/C36H26Br2Cl2N2O4S/c1-44-29-12-9-21(16-30(29)45-2)33-25-11-8-20-5-3-4-6-24(20)32(25)41-36-42(33)35(43)31(47-36)15-19-13-26(37)34(27(38)14-19)46-18-22-7-10-23(39)17-28(22)40/h3-7,9-10,12-17,33H,8,11,18H2,1-2H3/b31-15-/t33-/m0/s1. The van der Waals surface area contributed by atoms with Crippen molar-refractivity contribution >= 4 is 78.2 Å². The molecule has 0 bridgehead atoms. The van der Waals surface area contributed by atoms with Crippen molar-refractivity contribution in [2.24, 2.45) is 4.99 Å². The SMILES string of the molecule is COc1ccc([C@H]2C3=C(N=c4s/c(=C\c5cc(Br)c(OCc6ccc(Cl)cc6Cl)c(Br)c5)c(=O)n42)c2ccccc2CC3)cc1OC. The van der Waals surface area contributed by atoms with Crippen molar-refractivity contribution in [2.45, 2.75) is 25.5 Å². The Kier molecular flexibility index (Phi) is 9.11. The summed E-state index contributed by atoms with van der Waals surface area (Å²) in [4.78, 5) is 20.1. The summed E-state index contributed by atoms with van der Waals surface area (Å²) in [5.74, 6) is 1.86. The van der Waals surface area contributed by atoms with Gasteiger partial charge in [-0.25, -0.2) is 4.99 Å². The largest absolute Gasteiger partial charge is 0.493 e. The number of ether oxygens (including phenoxy) is 3. The zero-order chi connectivity index (χ0) is 32.8. The molecule has 0 unspecified atom stereocenters. The Hall–Kier alpha value is -3.34. The van der Waals surface area contributed by atoms with Crippen molar-refractivity contribution in [3.63, 3.8) is 0 Å². The average molecular weight is 813 g/mol. The predicted octanol–water partition coefficient (Wildman–Crippen LogP) is 8.75. The summed E-state index contributed by atoms with van der Waals surface area (Å²) in [6.45, 7) is 0.259. The van der Waals surface area contributed by atoms with Gasteiger partial charge < -0.3 is 14.2 Å². The van der Waals surface area contributed by atoms with Crippen LogP contribution in [0, 0.1) is 0 Å². The number of benzene rings is 4. The minimum Gasteiger partial charge on any atom is -0.493 e. The van der Waals surface area contributed by atoms with Gasteiger partial charge in [0.2, 0.25) is 0 Å². The third-order valence-electron chi connectivity index (χ3n) is 8.30. The van der Waals surface area contributed by atoms with Crippen molar-refractivity contribution in [3.8, 4) is 17.2 Å². The number of hydrogen-bond donors (Lipinski definition) is 0. The lowest BCUT2D eigenvalue weighted by Crippen LogP contribution is -2.38. The molecule has 7 rings (SSSR count). The summed E-state index contributed by atoms with van der Waals surface area (Å²) < 4.78 is 21.1. The quantitative estimate of drug-likeness (QED) is 0.165. The van der Waals surface area contributed by atoms with E-state index in [4.69, 9.17) is 42.4 Å². The molecule has 0 fully saturated rings. The summed E-state index contributed by atoms with van der Waals surface area (Å²) in [5, 5.41) is 1.10. The van der Waals surface area contributed by atoms with Crippen molar-refractivity contribution in [2.75, 3.05) is 14.2 Å². The molecule has 238 valence electrons. The van der Waals surface area contributed by atoms with Gasteiger partial charge >= 0.3 is 0 Å². The fraction of sp³-hybridized carbons (Fsp3) is 0.167. The van der Waals surface area contributed by atoms with Crippen LogP contribution in [0.4, 0.5) is 0 Å². The highest BCUT2D eigenvalue weighted by Crippen LogP contribution is 2.43. The maximum atomic E-state index is 14.3. The number of fused-ring (bicyclic) bond motifs is 3. The number of aryl methyl sites for hydroxylation is 1. The number of thiazole rings is 1. The Labute approximate surface area is 301 Å². The van der Waals surface area contributed by atoms with Crippen LogP contribution in [0.3, 0.4) is 0 Å². The van der Waals surface area contributed by atoms with Crippen LogP contribution in [0.1, 0.15) is 40.3 Å². The molecule has 2 heterocycles. The van der Waals surface area contributed by atoms with E-state index in [1.54, 1.807) is 26.4 Å². The van der Waals surface area contributed by atoms with Crippen LogP contribution in [0.15, 0.2) is 97.1 Å². The fourth-order valence-electron chi connectivity index (χ4n) is 6.09. The van der Waals surface area contributed by atoms with Gasteiger partial charge in [-0.3, -0.25) is 9.36 Å². The minimum absolute atomic E-state index is 0.108. The zero-order valence-corrected chi connectivity index (χ0v) is 30.7. The lowest BCUT2D eigenvalue weighted by atomic mass is 9.83. The highest BCUT2D eigenvalue weighted by atomic mass is 79.9. The molecule has 0 saturated carbocycles. The highest BCUT2D eigenvalue weighted by molar-refractivity contribution is 9.11. The van der Waals surface area contributed by atoms with E-state index in [-0.39, 0.29) is 18.2 Å². The van der Waals surface area contributed by atoms with Gasteiger partial charge in [-0.15, -0.1) is 0 Å². The molecule has 1 aliphatic heterocycles. The van der Waals surface area contributed by atoms with E-state index < -0.39 is 0 Å². The molecule has 6 nitrogen and oxygen atoms in total. The number of nitrogens with zero attached hydrogens (tertiary/aromatic N) is 2. The molecule has 5 aromatic rings. The highest BCUT2D eigenvalue weighted by Gasteiger charge is 2.33. The van der Waals surface area contributed by atoms with Crippen LogP contribution in [0.25, 0.3) is 11.8 Å². The van der Waals surface area contributed by atoms with Gasteiger partial charge in [-0.05, 0) is 109 Å². The topological polar surface area (TPSA) is 62.0 Å². The monoisotopic (exact) mass is 810 g/mol. The average Bonchev–Trinajstić information content (AvgIpc) is 3.37. The zero-order valence-electron chi connectivity index (χ0n) is 25.2. The third-order valence-corrected chi connectivity index (χ3v) is 11.0. The Morgan fingerprint density at radius 3 is 2.47 bits per heavy atom. The second-order valence-corrected chi connectivity index (χ2v) is 14.6. The minimum atomic E-state index is -0.342. The number of allylic oxidation sites excluding steroid dienone is 1. The number of aromatic nitrogens is 1. The molecular formula is C36H26Br2Cl2N2O4S. The van der Waals surface area contributed by atoms with Gasteiger partial charge in [0.15, 0.2) is 16.3 Å². The first-order chi connectivity index (χ1) is 22.7. The molecule has 11 heteroatoms. The third kappa shape index (κ3) is 6.08. The number of halogens is 4. The molecule has 0 saturated heterocycles. The van der Waals surface area contributed by atoms with E-state index in [1.165, 1.54) is 16.9 Å². The first-order valence-corrected chi connectivity index (χ1v) is 17.8. The molecular weight excluding hydrogens is 787 g/mol. The molecule has 1 aromatic heterocycles. The molecule has 1 atom stereocenters. The predicted molar refractivity (Wildman–Crippen MR) is 195 cm³/mol. The number of hydrogen-bond acceptors (Lipinski definition) is 6. The molecule has 0 N–H and O–H groups in total. The summed E-state index contributed by atoms with van der Waals surface area (Å²) >= 11 is 21.1.